The molecule has 1 aromatic rings. The first-order valence-corrected chi connectivity index (χ1v) is 9.85. The van der Waals surface area contributed by atoms with Crippen molar-refractivity contribution in [2.24, 2.45) is 4.99 Å². The maximum absolute atomic E-state index is 12.1. The van der Waals surface area contributed by atoms with E-state index in [1.165, 1.54) is 0 Å². The van der Waals surface area contributed by atoms with Crippen molar-refractivity contribution in [3.05, 3.63) is 29.8 Å². The van der Waals surface area contributed by atoms with E-state index in [1.807, 2.05) is 45.0 Å². The number of fused-ring (bicyclic) bond motifs is 1. The number of hydrogen-bond donors (Lipinski definition) is 3. The zero-order chi connectivity index (χ0) is 18.4. The van der Waals surface area contributed by atoms with Gasteiger partial charge in [0.25, 0.3) is 0 Å². The minimum Gasteiger partial charge on any atom is -0.356 e. The fraction of sp³-hybridized carbons (Fsp3) is 0.556. The molecule has 1 aromatic carbocycles. The van der Waals surface area contributed by atoms with Crippen molar-refractivity contribution >= 4 is 52.3 Å². The van der Waals surface area contributed by atoms with Crippen LogP contribution in [0.4, 0.5) is 5.69 Å². The smallest absolute Gasteiger partial charge is 0.225 e. The molecular formula is C18H29IN4O2S. The molecule has 0 aromatic heterocycles. The van der Waals surface area contributed by atoms with Crippen LogP contribution in [0.1, 0.15) is 38.7 Å². The first kappa shape index (κ1) is 22.9. The van der Waals surface area contributed by atoms with Crippen molar-refractivity contribution < 1.29 is 9.00 Å². The van der Waals surface area contributed by atoms with Gasteiger partial charge in [0.1, 0.15) is 0 Å². The van der Waals surface area contributed by atoms with Crippen molar-refractivity contribution in [3.8, 4) is 0 Å². The van der Waals surface area contributed by atoms with Gasteiger partial charge in [0.2, 0.25) is 5.91 Å². The number of halogens is 1. The van der Waals surface area contributed by atoms with Gasteiger partial charge in [-0.1, -0.05) is 18.2 Å². The number of carbonyl (C=O) groups excluding carboxylic acids is 1. The van der Waals surface area contributed by atoms with Gasteiger partial charge in [0, 0.05) is 59.5 Å². The lowest BCUT2D eigenvalue weighted by Gasteiger charge is -2.26. The summed E-state index contributed by atoms with van der Waals surface area (Å²) in [5.41, 5.74) is 2.02. The van der Waals surface area contributed by atoms with Crippen molar-refractivity contribution in [1.82, 2.24) is 10.6 Å². The summed E-state index contributed by atoms with van der Waals surface area (Å²) in [7, 11) is 0.809. The van der Waals surface area contributed by atoms with Crippen LogP contribution < -0.4 is 16.0 Å². The largest absolute Gasteiger partial charge is 0.356 e. The molecule has 26 heavy (non-hydrogen) atoms. The second kappa shape index (κ2) is 10.2. The third-order valence-corrected chi connectivity index (χ3v) is 6.05. The summed E-state index contributed by atoms with van der Waals surface area (Å²) in [5, 5.41) is 9.37. The Hall–Kier alpha value is -1.16. The first-order valence-electron chi connectivity index (χ1n) is 8.53. The van der Waals surface area contributed by atoms with Crippen molar-refractivity contribution in [2.45, 2.75) is 37.9 Å². The van der Waals surface area contributed by atoms with Crippen LogP contribution >= 0.6 is 24.0 Å². The van der Waals surface area contributed by atoms with Crippen LogP contribution in [0.2, 0.25) is 0 Å². The molecule has 0 radical (unpaired) electrons. The molecular weight excluding hydrogens is 463 g/mol. The normalized spacial score (nSPS) is 18.2. The quantitative estimate of drug-likeness (QED) is 0.335. The molecule has 0 spiro atoms. The minimum atomic E-state index is -0.897. The highest BCUT2D eigenvalue weighted by Crippen LogP contribution is 2.31. The Morgan fingerprint density at radius 3 is 2.65 bits per heavy atom. The number of amides is 1. The maximum Gasteiger partial charge on any atom is 0.225 e. The highest BCUT2D eigenvalue weighted by Gasteiger charge is 2.24. The molecule has 0 saturated heterocycles. The molecule has 8 heteroatoms. The Morgan fingerprint density at radius 2 is 2.00 bits per heavy atom. The van der Waals surface area contributed by atoms with Crippen molar-refractivity contribution in [3.63, 3.8) is 0 Å². The lowest BCUT2D eigenvalue weighted by atomic mass is 9.90. The Bertz CT molecular complexity index is 673. The highest BCUT2D eigenvalue weighted by atomic mass is 127. The molecule has 1 aliphatic rings. The molecule has 146 valence electrons. The standard InChI is InChI=1S/C18H28N4O2S.HI/c1-18(2,3)25(24)10-9-20-17(19-4)21-12-13-11-16(23)22-15-8-6-5-7-14(13)15;/h5-8,13H,9-12H2,1-4H3,(H,22,23)(H2,19,20,21);1H. The minimum absolute atomic E-state index is 0. The zero-order valence-corrected chi connectivity index (χ0v) is 18.9. The van der Waals surface area contributed by atoms with Crippen molar-refractivity contribution in [1.29, 1.82) is 0 Å². The van der Waals surface area contributed by atoms with E-state index in [9.17, 15) is 9.00 Å². The molecule has 2 rings (SSSR count). The Balaban J connectivity index is 0.00000338. The van der Waals surface area contributed by atoms with Gasteiger partial charge in [-0.15, -0.1) is 24.0 Å². The monoisotopic (exact) mass is 492 g/mol. The van der Waals surface area contributed by atoms with Gasteiger partial charge < -0.3 is 16.0 Å². The Labute approximate surface area is 175 Å². The summed E-state index contributed by atoms with van der Waals surface area (Å²) in [6, 6.07) is 7.88. The van der Waals surface area contributed by atoms with E-state index in [2.05, 4.69) is 20.9 Å². The molecule has 0 saturated carbocycles. The van der Waals surface area contributed by atoms with E-state index < -0.39 is 10.8 Å². The van der Waals surface area contributed by atoms with Crippen LogP contribution in [-0.4, -0.2) is 46.7 Å². The summed E-state index contributed by atoms with van der Waals surface area (Å²) in [6.45, 7) is 7.13. The molecule has 3 N–H and O–H groups in total. The molecule has 0 fully saturated rings. The predicted octanol–water partition coefficient (Wildman–Crippen LogP) is 2.44. The topological polar surface area (TPSA) is 82.6 Å². The van der Waals surface area contributed by atoms with Crippen LogP contribution in [0.25, 0.3) is 0 Å². The molecule has 2 unspecified atom stereocenters. The maximum atomic E-state index is 12.1. The summed E-state index contributed by atoms with van der Waals surface area (Å²) >= 11 is 0. The molecule has 0 aliphatic carbocycles. The number of nitrogens with one attached hydrogen (secondary N) is 3. The van der Waals surface area contributed by atoms with E-state index in [-0.39, 0.29) is 40.5 Å². The van der Waals surface area contributed by atoms with E-state index in [0.29, 0.717) is 31.2 Å². The first-order chi connectivity index (χ1) is 11.8. The van der Waals surface area contributed by atoms with E-state index in [0.717, 1.165) is 11.3 Å². The molecule has 1 heterocycles. The fourth-order valence-corrected chi connectivity index (χ4v) is 3.59. The van der Waals surface area contributed by atoms with Gasteiger partial charge in [0.15, 0.2) is 5.96 Å². The number of guanidine groups is 1. The third kappa shape index (κ3) is 6.53. The second-order valence-corrected chi connectivity index (χ2v) is 9.40. The Kier molecular flexibility index (Phi) is 9.02. The average molecular weight is 492 g/mol. The lowest BCUT2D eigenvalue weighted by molar-refractivity contribution is -0.116. The average Bonchev–Trinajstić information content (AvgIpc) is 2.56. The number of anilines is 1. The van der Waals surface area contributed by atoms with Gasteiger partial charge in [-0.3, -0.25) is 14.0 Å². The number of aliphatic imine (C=N–C) groups is 1. The Morgan fingerprint density at radius 1 is 1.31 bits per heavy atom. The van der Waals surface area contributed by atoms with Gasteiger partial charge >= 0.3 is 0 Å². The van der Waals surface area contributed by atoms with E-state index in [4.69, 9.17) is 0 Å². The molecule has 2 atom stereocenters. The number of rotatable bonds is 5. The number of para-hydroxylation sites is 1. The number of benzene rings is 1. The highest BCUT2D eigenvalue weighted by molar-refractivity contribution is 14.0. The molecule has 1 amide bonds. The van der Waals surface area contributed by atoms with Gasteiger partial charge in [-0.05, 0) is 32.4 Å². The fourth-order valence-electron chi connectivity index (χ4n) is 2.69. The summed E-state index contributed by atoms with van der Waals surface area (Å²) in [5.74, 6) is 1.37. The van der Waals surface area contributed by atoms with Crippen molar-refractivity contribution in [2.75, 3.05) is 31.2 Å². The third-order valence-electron chi connectivity index (χ3n) is 4.11. The van der Waals surface area contributed by atoms with Crippen LogP contribution in [-0.2, 0) is 15.6 Å². The second-order valence-electron chi connectivity index (χ2n) is 7.08. The van der Waals surface area contributed by atoms with Crippen LogP contribution in [0, 0.1) is 0 Å². The number of nitrogens with zero attached hydrogens (tertiary/aromatic N) is 1. The van der Waals surface area contributed by atoms with Gasteiger partial charge in [-0.25, -0.2) is 0 Å². The van der Waals surface area contributed by atoms with Crippen LogP contribution in [0.15, 0.2) is 29.3 Å². The summed E-state index contributed by atoms with van der Waals surface area (Å²) in [6.07, 6.45) is 0.453. The lowest BCUT2D eigenvalue weighted by Crippen LogP contribution is -2.42. The molecule has 1 aliphatic heterocycles. The van der Waals surface area contributed by atoms with Crippen LogP contribution in [0.3, 0.4) is 0 Å². The zero-order valence-electron chi connectivity index (χ0n) is 15.8. The van der Waals surface area contributed by atoms with Gasteiger partial charge in [-0.2, -0.15) is 0 Å². The molecule has 0 bridgehead atoms. The van der Waals surface area contributed by atoms with E-state index in [1.54, 1.807) is 7.05 Å². The molecule has 6 nitrogen and oxygen atoms in total. The number of hydrogen-bond acceptors (Lipinski definition) is 3. The number of carbonyl (C=O) groups is 1. The van der Waals surface area contributed by atoms with E-state index >= 15 is 0 Å². The predicted molar refractivity (Wildman–Crippen MR) is 120 cm³/mol. The summed E-state index contributed by atoms with van der Waals surface area (Å²) < 4.78 is 11.9. The SMILES string of the molecule is CN=C(NCCS(=O)C(C)(C)C)NCC1CC(=O)Nc2ccccc21.I. The van der Waals surface area contributed by atoms with Gasteiger partial charge in [0.05, 0.1) is 0 Å². The summed E-state index contributed by atoms with van der Waals surface area (Å²) in [4.78, 5) is 16.1. The van der Waals surface area contributed by atoms with Crippen LogP contribution in [0.5, 0.6) is 0 Å².